The summed E-state index contributed by atoms with van der Waals surface area (Å²) in [5.41, 5.74) is 3.38. The van der Waals surface area contributed by atoms with E-state index in [9.17, 15) is 4.79 Å². The first-order chi connectivity index (χ1) is 12.6. The van der Waals surface area contributed by atoms with Gasteiger partial charge in [0.15, 0.2) is 0 Å². The maximum Gasteiger partial charge on any atom is 0.230 e. The van der Waals surface area contributed by atoms with Crippen LogP contribution in [0, 0.1) is 13.8 Å². The van der Waals surface area contributed by atoms with E-state index in [1.54, 1.807) is 11.8 Å². The molecule has 0 aliphatic heterocycles. The van der Waals surface area contributed by atoms with E-state index in [1.165, 1.54) is 27.6 Å². The van der Waals surface area contributed by atoms with Gasteiger partial charge in [0.25, 0.3) is 0 Å². The number of carbonyl (C=O) groups is 1. The zero-order chi connectivity index (χ0) is 18.4. The average molecular weight is 383 g/mol. The monoisotopic (exact) mass is 382 g/mol. The van der Waals surface area contributed by atoms with Crippen molar-refractivity contribution in [2.24, 2.45) is 0 Å². The van der Waals surface area contributed by atoms with Crippen LogP contribution in [0.25, 0.3) is 10.9 Å². The first-order valence-corrected chi connectivity index (χ1v) is 10.5. The maximum atomic E-state index is 12.1. The Morgan fingerprint density at radius 3 is 2.62 bits per heavy atom. The molecule has 26 heavy (non-hydrogen) atoms. The quantitative estimate of drug-likeness (QED) is 0.468. The summed E-state index contributed by atoms with van der Waals surface area (Å²) in [6, 6.07) is 18.5. The van der Waals surface area contributed by atoms with Gasteiger partial charge in [-0.2, -0.15) is 0 Å². The number of nitrogens with zero attached hydrogens (tertiary/aromatic N) is 1. The molecule has 1 heterocycles. The van der Waals surface area contributed by atoms with Gasteiger partial charge in [-0.05, 0) is 43.2 Å². The van der Waals surface area contributed by atoms with Crippen LogP contribution in [0.1, 0.15) is 11.1 Å². The van der Waals surface area contributed by atoms with Crippen molar-refractivity contribution in [1.82, 2.24) is 10.3 Å². The second-order valence-electron chi connectivity index (χ2n) is 6.05. The molecule has 134 valence electrons. The molecule has 0 unspecified atom stereocenters. The fraction of sp³-hybridized carbons (Fsp3) is 0.238. The Morgan fingerprint density at radius 2 is 1.81 bits per heavy atom. The molecule has 0 saturated carbocycles. The Morgan fingerprint density at radius 1 is 1.00 bits per heavy atom. The van der Waals surface area contributed by atoms with Crippen LogP contribution in [0.4, 0.5) is 0 Å². The third kappa shape index (κ3) is 5.02. The van der Waals surface area contributed by atoms with E-state index in [2.05, 4.69) is 55.6 Å². The number of pyridine rings is 1. The highest BCUT2D eigenvalue weighted by Crippen LogP contribution is 2.25. The van der Waals surface area contributed by atoms with Crippen LogP contribution in [0.2, 0.25) is 0 Å². The molecule has 0 radical (unpaired) electrons. The standard InChI is InChI=1S/C21H22N2OS2/c1-15-7-6-10-18-16(2)13-20(23-21(15)18)26-14-19(24)22-11-12-25-17-8-4-3-5-9-17/h3-10,13H,11-12,14H2,1-2H3,(H,22,24). The molecule has 0 atom stereocenters. The van der Waals surface area contributed by atoms with Crippen molar-refractivity contribution in [3.63, 3.8) is 0 Å². The van der Waals surface area contributed by atoms with Gasteiger partial charge in [0.05, 0.1) is 16.3 Å². The topological polar surface area (TPSA) is 42.0 Å². The van der Waals surface area contributed by atoms with Gasteiger partial charge >= 0.3 is 0 Å². The van der Waals surface area contributed by atoms with Crippen LogP contribution in [0.15, 0.2) is 64.5 Å². The lowest BCUT2D eigenvalue weighted by atomic mass is 10.1. The van der Waals surface area contributed by atoms with E-state index in [-0.39, 0.29) is 5.91 Å². The fourth-order valence-electron chi connectivity index (χ4n) is 2.67. The number of hydrogen-bond acceptors (Lipinski definition) is 4. The Hall–Kier alpha value is -1.98. The largest absolute Gasteiger partial charge is 0.355 e. The third-order valence-electron chi connectivity index (χ3n) is 4.01. The molecule has 0 saturated heterocycles. The molecule has 5 heteroatoms. The van der Waals surface area contributed by atoms with E-state index in [0.29, 0.717) is 12.3 Å². The number of nitrogens with one attached hydrogen (secondary N) is 1. The molecule has 3 nitrogen and oxygen atoms in total. The van der Waals surface area contributed by atoms with E-state index < -0.39 is 0 Å². The van der Waals surface area contributed by atoms with Gasteiger partial charge in [-0.3, -0.25) is 4.79 Å². The molecular formula is C21H22N2OS2. The van der Waals surface area contributed by atoms with Gasteiger partial charge in [-0.1, -0.05) is 48.2 Å². The summed E-state index contributed by atoms with van der Waals surface area (Å²) in [7, 11) is 0. The summed E-state index contributed by atoms with van der Waals surface area (Å²) < 4.78 is 0. The average Bonchev–Trinajstić information content (AvgIpc) is 2.65. The zero-order valence-corrected chi connectivity index (χ0v) is 16.6. The predicted octanol–water partition coefficient (Wildman–Crippen LogP) is 4.85. The zero-order valence-electron chi connectivity index (χ0n) is 15.0. The Balaban J connectivity index is 1.48. The summed E-state index contributed by atoms with van der Waals surface area (Å²) in [4.78, 5) is 18.0. The van der Waals surface area contributed by atoms with Crippen LogP contribution >= 0.6 is 23.5 Å². The summed E-state index contributed by atoms with van der Waals surface area (Å²) in [6.45, 7) is 4.83. The third-order valence-corrected chi connectivity index (χ3v) is 5.94. The van der Waals surface area contributed by atoms with E-state index >= 15 is 0 Å². The Bertz CT molecular complexity index is 897. The smallest absolute Gasteiger partial charge is 0.230 e. The van der Waals surface area contributed by atoms with Gasteiger partial charge in [-0.25, -0.2) is 4.98 Å². The molecule has 0 aliphatic carbocycles. The minimum absolute atomic E-state index is 0.0491. The lowest BCUT2D eigenvalue weighted by Gasteiger charge is -2.08. The number of para-hydroxylation sites is 1. The molecule has 0 aliphatic rings. The molecule has 2 aromatic carbocycles. The van der Waals surface area contributed by atoms with Crippen molar-refractivity contribution in [1.29, 1.82) is 0 Å². The molecular weight excluding hydrogens is 360 g/mol. The fourth-order valence-corrected chi connectivity index (χ4v) is 4.26. The molecule has 1 amide bonds. The summed E-state index contributed by atoms with van der Waals surface area (Å²) >= 11 is 3.24. The number of aryl methyl sites for hydroxylation is 2. The maximum absolute atomic E-state index is 12.1. The van der Waals surface area contributed by atoms with Crippen molar-refractivity contribution < 1.29 is 4.79 Å². The Kier molecular flexibility index (Phi) is 6.58. The minimum Gasteiger partial charge on any atom is -0.355 e. The van der Waals surface area contributed by atoms with Crippen LogP contribution in [-0.2, 0) is 4.79 Å². The van der Waals surface area contributed by atoms with E-state index in [0.717, 1.165) is 21.9 Å². The summed E-state index contributed by atoms with van der Waals surface area (Å²) in [5.74, 6) is 1.31. The number of hydrogen-bond donors (Lipinski definition) is 1. The number of carbonyl (C=O) groups excluding carboxylic acids is 1. The molecule has 0 bridgehead atoms. The van der Waals surface area contributed by atoms with Crippen LogP contribution < -0.4 is 5.32 Å². The van der Waals surface area contributed by atoms with Crippen molar-refractivity contribution in [3.8, 4) is 0 Å². The molecule has 1 N–H and O–H groups in total. The predicted molar refractivity (Wildman–Crippen MR) is 112 cm³/mol. The number of amides is 1. The highest BCUT2D eigenvalue weighted by atomic mass is 32.2. The van der Waals surface area contributed by atoms with Gasteiger partial charge in [0.1, 0.15) is 0 Å². The molecule has 1 aromatic heterocycles. The van der Waals surface area contributed by atoms with Crippen molar-refractivity contribution >= 4 is 40.3 Å². The van der Waals surface area contributed by atoms with Crippen LogP contribution in [0.3, 0.4) is 0 Å². The summed E-state index contributed by atoms with van der Waals surface area (Å²) in [5, 5.41) is 5.06. The van der Waals surface area contributed by atoms with Crippen molar-refractivity contribution in [2.75, 3.05) is 18.1 Å². The highest BCUT2D eigenvalue weighted by molar-refractivity contribution is 8.00. The molecule has 0 fully saturated rings. The second-order valence-corrected chi connectivity index (χ2v) is 8.21. The number of benzene rings is 2. The lowest BCUT2D eigenvalue weighted by molar-refractivity contribution is -0.118. The van der Waals surface area contributed by atoms with Gasteiger partial charge < -0.3 is 5.32 Å². The first kappa shape index (κ1) is 18.8. The number of fused-ring (bicyclic) bond motifs is 1. The van der Waals surface area contributed by atoms with E-state index in [4.69, 9.17) is 4.98 Å². The van der Waals surface area contributed by atoms with E-state index in [1.807, 2.05) is 18.2 Å². The summed E-state index contributed by atoms with van der Waals surface area (Å²) in [6.07, 6.45) is 0. The van der Waals surface area contributed by atoms with Crippen molar-refractivity contribution in [3.05, 3.63) is 65.7 Å². The lowest BCUT2D eigenvalue weighted by Crippen LogP contribution is -2.27. The van der Waals surface area contributed by atoms with Gasteiger partial charge in [0.2, 0.25) is 5.91 Å². The highest BCUT2D eigenvalue weighted by Gasteiger charge is 2.08. The second kappa shape index (κ2) is 9.10. The Labute approximate surface area is 163 Å². The minimum atomic E-state index is 0.0491. The first-order valence-electron chi connectivity index (χ1n) is 8.58. The van der Waals surface area contributed by atoms with Crippen LogP contribution in [0.5, 0.6) is 0 Å². The van der Waals surface area contributed by atoms with Gasteiger partial charge in [0, 0.05) is 22.6 Å². The SMILES string of the molecule is Cc1cc(SCC(=O)NCCSc2ccccc2)nc2c(C)cccc12. The molecule has 0 spiro atoms. The number of rotatable bonds is 7. The number of aromatic nitrogens is 1. The van der Waals surface area contributed by atoms with Crippen molar-refractivity contribution in [2.45, 2.75) is 23.8 Å². The molecule has 3 rings (SSSR count). The van der Waals surface area contributed by atoms with Crippen LogP contribution in [-0.4, -0.2) is 28.9 Å². The molecule has 3 aromatic rings. The normalized spacial score (nSPS) is 10.8. The number of thioether (sulfide) groups is 2. The van der Waals surface area contributed by atoms with Gasteiger partial charge in [-0.15, -0.1) is 11.8 Å².